The molecule has 0 N–H and O–H groups in total. The molecule has 0 aliphatic carbocycles. The van der Waals surface area contributed by atoms with E-state index >= 15 is 0 Å². The first-order valence-corrected chi connectivity index (χ1v) is 12.7. The Morgan fingerprint density at radius 3 is 2.37 bits per heavy atom. The molecule has 180 valence electrons. The van der Waals surface area contributed by atoms with Gasteiger partial charge in [-0.2, -0.15) is 0 Å². The van der Waals surface area contributed by atoms with Gasteiger partial charge in [-0.1, -0.05) is 41.4 Å². The third kappa shape index (κ3) is 9.87. The molecule has 3 rings (SSSR count). The van der Waals surface area contributed by atoms with Crippen LogP contribution in [0.15, 0.2) is 59.5 Å². The van der Waals surface area contributed by atoms with Crippen LogP contribution in [0.2, 0.25) is 10.0 Å². The molecule has 0 radical (unpaired) electrons. The molecule has 0 fully saturated rings. The van der Waals surface area contributed by atoms with E-state index < -0.39 is 5.97 Å². The fourth-order valence-electron chi connectivity index (χ4n) is 3.32. The van der Waals surface area contributed by atoms with Gasteiger partial charge < -0.3 is 19.4 Å². The number of carbonyl (C=O) groups is 1. The van der Waals surface area contributed by atoms with Gasteiger partial charge in [0.15, 0.2) is 0 Å². The molecule has 35 heavy (non-hydrogen) atoms. The molecule has 5 nitrogen and oxygen atoms in total. The van der Waals surface area contributed by atoms with E-state index in [1.54, 1.807) is 25.3 Å². The van der Waals surface area contributed by atoms with Gasteiger partial charge in [0.25, 0.3) is 0 Å². The SMILES string of the molecule is COc1ccc(CCCCOc2ccc(CSc3c(Cl)cccc3Cl)nc2CCC(=O)[O-])cc1.[Na+]. The summed E-state index contributed by atoms with van der Waals surface area (Å²) in [5, 5.41) is 12.2. The largest absolute Gasteiger partial charge is 1.00 e. The van der Waals surface area contributed by atoms with Gasteiger partial charge in [-0.25, -0.2) is 0 Å². The number of thioether (sulfide) groups is 1. The summed E-state index contributed by atoms with van der Waals surface area (Å²) in [6.07, 6.45) is 2.92. The maximum atomic E-state index is 11.0. The Morgan fingerprint density at radius 1 is 1.00 bits per heavy atom. The predicted octanol–water partition coefficient (Wildman–Crippen LogP) is 2.78. The quantitative estimate of drug-likeness (QED) is 0.188. The molecule has 9 heteroatoms. The van der Waals surface area contributed by atoms with Crippen molar-refractivity contribution in [2.24, 2.45) is 0 Å². The number of benzene rings is 2. The Kier molecular flexibility index (Phi) is 13.3. The number of carbonyl (C=O) groups excluding carboxylic acids is 1. The molecule has 0 bridgehead atoms. The van der Waals surface area contributed by atoms with E-state index in [-0.39, 0.29) is 42.4 Å². The standard InChI is InChI=1S/C26H27Cl2NO4S.Na/c1-32-20-11-8-18(9-12-20)5-2-3-16-33-24-14-10-19(29-23(24)13-15-25(30)31)17-34-26-21(27)6-4-7-22(26)28;/h4,6-12,14H,2-3,5,13,15-17H2,1H3,(H,30,31);/q;+1/p-1. The summed E-state index contributed by atoms with van der Waals surface area (Å²) >= 11 is 14.0. The zero-order chi connectivity index (χ0) is 24.3. The number of hydrogen-bond acceptors (Lipinski definition) is 6. The first-order chi connectivity index (χ1) is 16.5. The number of methoxy groups -OCH3 is 1. The molecule has 0 aliphatic heterocycles. The maximum absolute atomic E-state index is 11.0. The average Bonchev–Trinajstić information content (AvgIpc) is 2.83. The molecule has 3 aromatic rings. The average molecular weight is 542 g/mol. The molecule has 0 saturated carbocycles. The molecular weight excluding hydrogens is 516 g/mol. The number of ether oxygens (including phenoxy) is 2. The van der Waals surface area contributed by atoms with Gasteiger partial charge >= 0.3 is 29.6 Å². The summed E-state index contributed by atoms with van der Waals surface area (Å²) in [4.78, 5) is 16.4. The van der Waals surface area contributed by atoms with Crippen LogP contribution >= 0.6 is 35.0 Å². The van der Waals surface area contributed by atoms with Crippen LogP contribution in [0.3, 0.4) is 0 Å². The van der Waals surface area contributed by atoms with Crippen molar-refractivity contribution in [2.75, 3.05) is 13.7 Å². The van der Waals surface area contributed by atoms with E-state index in [0.717, 1.165) is 35.6 Å². The number of rotatable bonds is 13. The topological polar surface area (TPSA) is 71.5 Å². The molecule has 0 amide bonds. The number of hydrogen-bond donors (Lipinski definition) is 0. The number of carboxylic acids is 1. The molecule has 0 aliphatic rings. The van der Waals surface area contributed by atoms with E-state index in [1.807, 2.05) is 24.3 Å². The van der Waals surface area contributed by atoms with Crippen molar-refractivity contribution in [2.45, 2.75) is 42.8 Å². The second kappa shape index (κ2) is 15.6. The van der Waals surface area contributed by atoms with Crippen LogP contribution in [0, 0.1) is 0 Å². The summed E-state index contributed by atoms with van der Waals surface area (Å²) in [7, 11) is 1.66. The van der Waals surface area contributed by atoms with Crippen LogP contribution < -0.4 is 44.1 Å². The minimum Gasteiger partial charge on any atom is -0.550 e. The summed E-state index contributed by atoms with van der Waals surface area (Å²) in [6.45, 7) is 0.527. The van der Waals surface area contributed by atoms with Crippen LogP contribution in [0.1, 0.15) is 36.2 Å². The molecule has 1 aromatic heterocycles. The zero-order valence-electron chi connectivity index (χ0n) is 19.9. The first-order valence-electron chi connectivity index (χ1n) is 11.0. The zero-order valence-corrected chi connectivity index (χ0v) is 24.2. The van der Waals surface area contributed by atoms with Gasteiger partial charge in [-0.3, -0.25) is 4.98 Å². The molecular formula is C26H26Cl2NNaO4S. The predicted molar refractivity (Wildman–Crippen MR) is 135 cm³/mol. The molecule has 1 heterocycles. The minimum absolute atomic E-state index is 0. The van der Waals surface area contributed by atoms with Gasteiger partial charge in [0.05, 0.1) is 35.1 Å². The van der Waals surface area contributed by atoms with Crippen molar-refractivity contribution in [3.63, 3.8) is 0 Å². The normalized spacial score (nSPS) is 10.5. The monoisotopic (exact) mass is 541 g/mol. The Balaban J connectivity index is 0.00000432. The minimum atomic E-state index is -1.12. The molecule has 0 unspecified atom stereocenters. The van der Waals surface area contributed by atoms with Crippen molar-refractivity contribution < 1.29 is 48.9 Å². The number of carboxylic acid groups (broad SMARTS) is 1. The second-order valence-electron chi connectivity index (χ2n) is 7.61. The molecule has 0 saturated heterocycles. The van der Waals surface area contributed by atoms with Crippen LogP contribution in [-0.2, 0) is 23.4 Å². The number of aliphatic carboxylic acids is 1. The number of pyridine rings is 1. The first kappa shape index (κ1) is 29.8. The van der Waals surface area contributed by atoms with Gasteiger partial charge in [0.2, 0.25) is 0 Å². The van der Waals surface area contributed by atoms with E-state index in [4.69, 9.17) is 32.7 Å². The molecule has 0 atom stereocenters. The summed E-state index contributed by atoms with van der Waals surface area (Å²) in [5.74, 6) is 0.884. The van der Waals surface area contributed by atoms with Gasteiger partial charge in [0.1, 0.15) is 11.5 Å². The smallest absolute Gasteiger partial charge is 0.550 e. The number of unbranched alkanes of at least 4 members (excludes halogenated alkanes) is 1. The van der Waals surface area contributed by atoms with Crippen molar-refractivity contribution in [3.8, 4) is 11.5 Å². The Labute approximate surface area is 242 Å². The molecule has 2 aromatic carbocycles. The third-order valence-corrected chi connectivity index (χ3v) is 7.14. The summed E-state index contributed by atoms with van der Waals surface area (Å²) in [5.41, 5.74) is 2.65. The Hall–Kier alpha value is -1.41. The van der Waals surface area contributed by atoms with Gasteiger partial charge in [-0.05, 0) is 74.1 Å². The Morgan fingerprint density at radius 2 is 1.71 bits per heavy atom. The van der Waals surface area contributed by atoms with E-state index in [2.05, 4.69) is 17.1 Å². The van der Waals surface area contributed by atoms with Crippen molar-refractivity contribution in [1.82, 2.24) is 4.98 Å². The molecule has 0 spiro atoms. The van der Waals surface area contributed by atoms with Crippen molar-refractivity contribution >= 4 is 40.9 Å². The second-order valence-corrected chi connectivity index (χ2v) is 9.41. The van der Waals surface area contributed by atoms with Gasteiger partial charge in [-0.15, -0.1) is 11.8 Å². The van der Waals surface area contributed by atoms with Crippen LogP contribution in [0.25, 0.3) is 0 Å². The third-order valence-electron chi connectivity index (χ3n) is 5.12. The van der Waals surface area contributed by atoms with E-state index in [0.29, 0.717) is 33.8 Å². The number of nitrogens with zero attached hydrogens (tertiary/aromatic N) is 1. The maximum Gasteiger partial charge on any atom is 1.00 e. The fraction of sp³-hybridized carbons (Fsp3) is 0.308. The van der Waals surface area contributed by atoms with Gasteiger partial charge in [0, 0.05) is 16.6 Å². The van der Waals surface area contributed by atoms with Crippen molar-refractivity contribution in [1.29, 1.82) is 0 Å². The van der Waals surface area contributed by atoms with Crippen LogP contribution in [-0.4, -0.2) is 24.7 Å². The summed E-state index contributed by atoms with van der Waals surface area (Å²) < 4.78 is 11.1. The number of halogens is 2. The van der Waals surface area contributed by atoms with Crippen LogP contribution in [0.5, 0.6) is 11.5 Å². The van der Waals surface area contributed by atoms with Crippen molar-refractivity contribution in [3.05, 3.63) is 81.6 Å². The Bertz CT molecular complexity index is 1080. The summed E-state index contributed by atoms with van der Waals surface area (Å²) in [6, 6.07) is 17.2. The number of aromatic nitrogens is 1. The van der Waals surface area contributed by atoms with E-state index in [9.17, 15) is 9.90 Å². The van der Waals surface area contributed by atoms with E-state index in [1.165, 1.54) is 17.3 Å². The van der Waals surface area contributed by atoms with Crippen LogP contribution in [0.4, 0.5) is 0 Å². The fourth-order valence-corrected chi connectivity index (χ4v) is 4.91. The number of aryl methyl sites for hydroxylation is 2.